The highest BCUT2D eigenvalue weighted by Gasteiger charge is 2.31. The van der Waals surface area contributed by atoms with E-state index >= 15 is 0 Å². The Balaban J connectivity index is 4.35. The van der Waals surface area contributed by atoms with Gasteiger partial charge in [0.1, 0.15) is 6.10 Å². The standard InChI is InChI=1S/C45H89NO5/c1-8-11-14-17-18-19-24-31-40-50-42(48)44(4,5)35-28-30-37-46(38-39-47)36-29-23-22-27-34-45(6,7)43(49)51-41(32-25-20-15-12-9-2)33-26-21-16-13-10-3/h41,47H,8-40H2,1-7H3. The number of hydrogen-bond donors (Lipinski definition) is 1. The van der Waals surface area contributed by atoms with Crippen LogP contribution in [0.15, 0.2) is 0 Å². The molecule has 0 radical (unpaired) electrons. The molecule has 0 bridgehead atoms. The lowest BCUT2D eigenvalue weighted by atomic mass is 9.86. The summed E-state index contributed by atoms with van der Waals surface area (Å²) in [6.07, 6.45) is 32.5. The van der Waals surface area contributed by atoms with Crippen LogP contribution in [0.5, 0.6) is 0 Å². The number of esters is 2. The number of hydrogen-bond acceptors (Lipinski definition) is 6. The van der Waals surface area contributed by atoms with Gasteiger partial charge >= 0.3 is 11.9 Å². The Morgan fingerprint density at radius 3 is 1.41 bits per heavy atom. The minimum Gasteiger partial charge on any atom is -0.465 e. The van der Waals surface area contributed by atoms with Crippen LogP contribution >= 0.6 is 0 Å². The van der Waals surface area contributed by atoms with Crippen molar-refractivity contribution in [2.45, 2.75) is 234 Å². The topological polar surface area (TPSA) is 76.1 Å². The third kappa shape index (κ3) is 29.0. The van der Waals surface area contributed by atoms with Crippen molar-refractivity contribution in [3.8, 4) is 0 Å². The number of unbranched alkanes of at least 4 members (excludes halogenated alkanes) is 19. The van der Waals surface area contributed by atoms with Crippen LogP contribution in [0.4, 0.5) is 0 Å². The summed E-state index contributed by atoms with van der Waals surface area (Å²) in [6, 6.07) is 0. The zero-order valence-corrected chi connectivity index (χ0v) is 35.4. The molecule has 0 unspecified atom stereocenters. The number of nitrogens with zero attached hydrogens (tertiary/aromatic N) is 1. The van der Waals surface area contributed by atoms with Crippen molar-refractivity contribution in [1.82, 2.24) is 4.90 Å². The van der Waals surface area contributed by atoms with Crippen LogP contribution in [-0.2, 0) is 19.1 Å². The summed E-state index contributed by atoms with van der Waals surface area (Å²) in [5.74, 6) is -0.0757. The molecule has 0 saturated carbocycles. The Bertz CT molecular complexity index is 783. The molecule has 0 aromatic rings. The van der Waals surface area contributed by atoms with E-state index in [2.05, 4.69) is 39.5 Å². The molecule has 6 nitrogen and oxygen atoms in total. The number of carbonyl (C=O) groups is 2. The fourth-order valence-corrected chi connectivity index (χ4v) is 6.96. The van der Waals surface area contributed by atoms with Gasteiger partial charge < -0.3 is 19.5 Å². The van der Waals surface area contributed by atoms with Gasteiger partial charge in [-0.3, -0.25) is 9.59 Å². The lowest BCUT2D eigenvalue weighted by Gasteiger charge is -2.27. The van der Waals surface area contributed by atoms with E-state index in [1.165, 1.54) is 89.9 Å². The first-order valence-electron chi connectivity index (χ1n) is 22.3. The third-order valence-electron chi connectivity index (χ3n) is 10.8. The summed E-state index contributed by atoms with van der Waals surface area (Å²) in [5.41, 5.74) is -0.898. The molecule has 0 aromatic carbocycles. The Labute approximate surface area is 318 Å². The molecule has 304 valence electrons. The van der Waals surface area contributed by atoms with E-state index in [4.69, 9.17) is 9.47 Å². The molecule has 6 heteroatoms. The van der Waals surface area contributed by atoms with E-state index in [9.17, 15) is 14.7 Å². The summed E-state index contributed by atoms with van der Waals surface area (Å²) in [4.78, 5) is 28.4. The predicted molar refractivity (Wildman–Crippen MR) is 218 cm³/mol. The number of aliphatic hydroxyl groups excluding tert-OH is 1. The number of rotatable bonds is 38. The monoisotopic (exact) mass is 724 g/mol. The zero-order chi connectivity index (χ0) is 38.1. The average molecular weight is 724 g/mol. The van der Waals surface area contributed by atoms with Crippen LogP contribution in [0, 0.1) is 10.8 Å². The largest absolute Gasteiger partial charge is 0.465 e. The predicted octanol–water partition coefficient (Wildman–Crippen LogP) is 12.8. The second-order valence-corrected chi connectivity index (χ2v) is 17.0. The van der Waals surface area contributed by atoms with Crippen molar-refractivity contribution in [3.63, 3.8) is 0 Å². The van der Waals surface area contributed by atoms with Crippen LogP contribution < -0.4 is 0 Å². The normalized spacial score (nSPS) is 12.3. The number of ether oxygens (including phenoxy) is 2. The molecule has 0 amide bonds. The van der Waals surface area contributed by atoms with Crippen molar-refractivity contribution in [2.24, 2.45) is 10.8 Å². The highest BCUT2D eigenvalue weighted by molar-refractivity contribution is 5.76. The fraction of sp³-hybridized carbons (Fsp3) is 0.956. The maximum Gasteiger partial charge on any atom is 0.311 e. The van der Waals surface area contributed by atoms with Gasteiger partial charge in [0.05, 0.1) is 24.0 Å². The van der Waals surface area contributed by atoms with Gasteiger partial charge in [-0.15, -0.1) is 0 Å². The van der Waals surface area contributed by atoms with Crippen molar-refractivity contribution in [2.75, 3.05) is 32.8 Å². The molecule has 0 fully saturated rings. The van der Waals surface area contributed by atoms with Crippen LogP contribution in [0.2, 0.25) is 0 Å². The summed E-state index contributed by atoms with van der Waals surface area (Å²) < 4.78 is 11.8. The number of carbonyl (C=O) groups excluding carboxylic acids is 2. The van der Waals surface area contributed by atoms with Gasteiger partial charge in [0.25, 0.3) is 0 Å². The van der Waals surface area contributed by atoms with Crippen LogP contribution in [0.3, 0.4) is 0 Å². The Morgan fingerprint density at radius 1 is 0.510 bits per heavy atom. The maximum atomic E-state index is 13.3. The average Bonchev–Trinajstić information content (AvgIpc) is 3.10. The molecule has 0 aromatic heterocycles. The molecule has 0 aliphatic heterocycles. The van der Waals surface area contributed by atoms with E-state index < -0.39 is 10.8 Å². The van der Waals surface area contributed by atoms with Gasteiger partial charge in [0, 0.05) is 6.54 Å². The Morgan fingerprint density at radius 2 is 0.902 bits per heavy atom. The Hall–Kier alpha value is -1.14. The molecule has 0 saturated heterocycles. The molecule has 0 atom stereocenters. The summed E-state index contributed by atoms with van der Waals surface area (Å²) in [7, 11) is 0. The van der Waals surface area contributed by atoms with E-state index in [-0.39, 0.29) is 24.6 Å². The minimum absolute atomic E-state index is 0.0105. The van der Waals surface area contributed by atoms with Gasteiger partial charge in [-0.2, -0.15) is 0 Å². The molecule has 51 heavy (non-hydrogen) atoms. The molecule has 0 rings (SSSR count). The van der Waals surface area contributed by atoms with E-state index in [1.54, 1.807) is 0 Å². The molecule has 0 heterocycles. The Kier molecular flexibility index (Phi) is 32.7. The van der Waals surface area contributed by atoms with E-state index in [0.29, 0.717) is 13.2 Å². The molecule has 0 aliphatic carbocycles. The minimum atomic E-state index is -0.453. The van der Waals surface area contributed by atoms with Crippen LogP contribution in [-0.4, -0.2) is 60.9 Å². The van der Waals surface area contributed by atoms with Crippen molar-refractivity contribution in [3.05, 3.63) is 0 Å². The zero-order valence-electron chi connectivity index (χ0n) is 35.4. The lowest BCUT2D eigenvalue weighted by molar-refractivity contribution is -0.161. The molecular formula is C45H89NO5. The van der Waals surface area contributed by atoms with E-state index in [0.717, 1.165) is 103 Å². The van der Waals surface area contributed by atoms with Crippen molar-refractivity contribution < 1.29 is 24.2 Å². The quantitative estimate of drug-likeness (QED) is 0.0505. The first-order chi connectivity index (χ1) is 24.5. The van der Waals surface area contributed by atoms with Crippen molar-refractivity contribution >= 4 is 11.9 Å². The van der Waals surface area contributed by atoms with Crippen molar-refractivity contribution in [1.29, 1.82) is 0 Å². The molecule has 1 N–H and O–H groups in total. The van der Waals surface area contributed by atoms with Gasteiger partial charge in [-0.1, -0.05) is 143 Å². The second kappa shape index (κ2) is 33.4. The fourth-order valence-electron chi connectivity index (χ4n) is 6.96. The first-order valence-corrected chi connectivity index (χ1v) is 22.3. The molecular weight excluding hydrogens is 634 g/mol. The van der Waals surface area contributed by atoms with Gasteiger partial charge in [-0.05, 0) is 98.6 Å². The lowest BCUT2D eigenvalue weighted by Crippen LogP contribution is -2.31. The maximum absolute atomic E-state index is 13.3. The van der Waals surface area contributed by atoms with Gasteiger partial charge in [-0.25, -0.2) is 0 Å². The molecule has 0 aliphatic rings. The molecule has 0 spiro atoms. The van der Waals surface area contributed by atoms with Gasteiger partial charge in [0.2, 0.25) is 0 Å². The second-order valence-electron chi connectivity index (χ2n) is 17.0. The SMILES string of the molecule is CCCCCCCCCCOC(=O)C(C)(C)CCCCN(CCO)CCCCCCC(C)(C)C(=O)OC(CCCCCCC)CCCCCCC. The summed E-state index contributed by atoms with van der Waals surface area (Å²) in [6.45, 7) is 18.2. The smallest absolute Gasteiger partial charge is 0.311 e. The highest BCUT2D eigenvalue weighted by atomic mass is 16.5. The first kappa shape index (κ1) is 49.9. The number of aliphatic hydroxyl groups is 1. The van der Waals surface area contributed by atoms with Gasteiger partial charge in [0.15, 0.2) is 0 Å². The van der Waals surface area contributed by atoms with E-state index in [1.807, 2.05) is 13.8 Å². The summed E-state index contributed by atoms with van der Waals surface area (Å²) >= 11 is 0. The van der Waals surface area contributed by atoms with Crippen LogP contribution in [0.25, 0.3) is 0 Å². The highest BCUT2D eigenvalue weighted by Crippen LogP contribution is 2.29. The van der Waals surface area contributed by atoms with Crippen LogP contribution in [0.1, 0.15) is 228 Å². The third-order valence-corrected chi connectivity index (χ3v) is 10.8. The summed E-state index contributed by atoms with van der Waals surface area (Å²) in [5, 5.41) is 9.64.